The van der Waals surface area contributed by atoms with Crippen molar-refractivity contribution in [2.45, 2.75) is 26.4 Å². The summed E-state index contributed by atoms with van der Waals surface area (Å²) in [6.07, 6.45) is -0.00614. The van der Waals surface area contributed by atoms with Crippen LogP contribution in [0, 0.1) is 5.82 Å². The van der Waals surface area contributed by atoms with Crippen LogP contribution in [0.3, 0.4) is 0 Å². The number of benzene rings is 1. The van der Waals surface area contributed by atoms with Crippen molar-refractivity contribution in [3.05, 3.63) is 29.6 Å². The molecule has 1 amide bonds. The van der Waals surface area contributed by atoms with Gasteiger partial charge in [-0.2, -0.15) is 0 Å². The zero-order chi connectivity index (χ0) is 14.7. The minimum absolute atomic E-state index is 0.0711. The molecule has 4 nitrogen and oxygen atoms in total. The van der Waals surface area contributed by atoms with Gasteiger partial charge in [-0.3, -0.25) is 4.79 Å². The summed E-state index contributed by atoms with van der Waals surface area (Å²) in [7, 11) is 0. The van der Waals surface area contributed by atoms with Gasteiger partial charge in [0.05, 0.1) is 6.10 Å². The second-order valence-electron chi connectivity index (χ2n) is 5.20. The van der Waals surface area contributed by atoms with Crippen LogP contribution in [-0.4, -0.2) is 42.1 Å². The molecule has 0 radical (unpaired) electrons. The van der Waals surface area contributed by atoms with Crippen molar-refractivity contribution >= 4 is 11.6 Å². The Morgan fingerprint density at radius 3 is 2.70 bits per heavy atom. The average molecular weight is 280 g/mol. The van der Waals surface area contributed by atoms with Gasteiger partial charge in [-0.1, -0.05) is 6.07 Å². The van der Waals surface area contributed by atoms with Crippen LogP contribution in [-0.2, 0) is 4.79 Å². The summed E-state index contributed by atoms with van der Waals surface area (Å²) in [4.78, 5) is 15.3. The minimum Gasteiger partial charge on any atom is -0.389 e. The van der Waals surface area contributed by atoms with Crippen LogP contribution in [0.2, 0.25) is 0 Å². The summed E-state index contributed by atoms with van der Waals surface area (Å²) in [5.41, 5.74) is 1.06. The number of carbonyl (C=O) groups is 1. The predicted octanol–water partition coefficient (Wildman–Crippen LogP) is 1.94. The Labute approximate surface area is 118 Å². The van der Waals surface area contributed by atoms with E-state index in [0.29, 0.717) is 18.7 Å². The number of nitrogens with zero attached hydrogens (tertiary/aromatic N) is 2. The zero-order valence-corrected chi connectivity index (χ0v) is 12.0. The van der Waals surface area contributed by atoms with Crippen molar-refractivity contribution in [2.75, 3.05) is 31.1 Å². The Hall–Kier alpha value is -1.62. The Kier molecular flexibility index (Phi) is 4.60. The SMILES string of the molecule is CC(=O)N1CCCN(c2cccc(F)c2[C@@H](C)O)CC1. The standard InChI is InChI=1S/C15H21FN2O2/c1-11(19)15-13(16)5-3-6-14(15)18-8-4-7-17(9-10-18)12(2)20/h3,5-6,11,19H,4,7-10H2,1-2H3/t11-/m1/s1. The van der Waals surface area contributed by atoms with Crippen LogP contribution >= 0.6 is 0 Å². The quantitative estimate of drug-likeness (QED) is 0.900. The molecule has 110 valence electrons. The lowest BCUT2D eigenvalue weighted by Gasteiger charge is -2.26. The van der Waals surface area contributed by atoms with Gasteiger partial charge >= 0.3 is 0 Å². The molecule has 1 N–H and O–H groups in total. The smallest absolute Gasteiger partial charge is 0.219 e. The van der Waals surface area contributed by atoms with Crippen molar-refractivity contribution in [1.82, 2.24) is 4.90 Å². The maximum atomic E-state index is 13.9. The van der Waals surface area contributed by atoms with Crippen LogP contribution in [0.15, 0.2) is 18.2 Å². The third kappa shape index (κ3) is 3.10. The van der Waals surface area contributed by atoms with Gasteiger partial charge in [0.25, 0.3) is 0 Å². The summed E-state index contributed by atoms with van der Waals surface area (Å²) >= 11 is 0. The lowest BCUT2D eigenvalue weighted by Crippen LogP contribution is -2.34. The maximum absolute atomic E-state index is 13.9. The van der Waals surface area contributed by atoms with Gasteiger partial charge in [0.1, 0.15) is 5.82 Å². The van der Waals surface area contributed by atoms with Crippen molar-refractivity contribution in [2.24, 2.45) is 0 Å². The normalized spacial score (nSPS) is 17.8. The van der Waals surface area contributed by atoms with Gasteiger partial charge < -0.3 is 14.9 Å². The molecule has 0 aromatic heterocycles. The van der Waals surface area contributed by atoms with E-state index in [2.05, 4.69) is 0 Å². The summed E-state index contributed by atoms with van der Waals surface area (Å²) in [5.74, 6) is -0.313. The molecule has 0 aliphatic carbocycles. The molecular weight excluding hydrogens is 259 g/mol. The third-order valence-corrected chi connectivity index (χ3v) is 3.73. The van der Waals surface area contributed by atoms with Gasteiger partial charge in [0.15, 0.2) is 0 Å². The Morgan fingerprint density at radius 2 is 2.05 bits per heavy atom. The van der Waals surface area contributed by atoms with E-state index >= 15 is 0 Å². The molecule has 1 aliphatic rings. The van der Waals surface area contributed by atoms with Crippen LogP contribution in [0.1, 0.15) is 31.9 Å². The Bertz CT molecular complexity index is 491. The number of anilines is 1. The molecular formula is C15H21FN2O2. The fraction of sp³-hybridized carbons (Fsp3) is 0.533. The second-order valence-corrected chi connectivity index (χ2v) is 5.20. The highest BCUT2D eigenvalue weighted by atomic mass is 19.1. The number of halogens is 1. The molecule has 0 spiro atoms. The summed E-state index contributed by atoms with van der Waals surface area (Å²) in [6.45, 7) is 5.91. The van der Waals surface area contributed by atoms with E-state index in [1.54, 1.807) is 24.8 Å². The van der Waals surface area contributed by atoms with Crippen molar-refractivity contribution in [3.63, 3.8) is 0 Å². The molecule has 1 saturated heterocycles. The zero-order valence-electron chi connectivity index (χ0n) is 12.0. The number of amides is 1. The van der Waals surface area contributed by atoms with E-state index in [0.717, 1.165) is 25.2 Å². The molecule has 1 aromatic rings. The predicted molar refractivity (Wildman–Crippen MR) is 76.1 cm³/mol. The molecule has 20 heavy (non-hydrogen) atoms. The van der Waals surface area contributed by atoms with Crippen LogP contribution in [0.4, 0.5) is 10.1 Å². The van der Waals surface area contributed by atoms with Crippen molar-refractivity contribution in [3.8, 4) is 0 Å². The Morgan fingerprint density at radius 1 is 1.30 bits per heavy atom. The van der Waals surface area contributed by atoms with Crippen molar-refractivity contribution < 1.29 is 14.3 Å². The van der Waals surface area contributed by atoms with Gasteiger partial charge in [-0.15, -0.1) is 0 Å². The maximum Gasteiger partial charge on any atom is 0.219 e. The first-order valence-corrected chi connectivity index (χ1v) is 6.97. The molecule has 5 heteroatoms. The fourth-order valence-corrected chi connectivity index (χ4v) is 2.69. The number of carbonyl (C=O) groups excluding carboxylic acids is 1. The summed E-state index contributed by atoms with van der Waals surface area (Å²) in [6, 6.07) is 4.85. The lowest BCUT2D eigenvalue weighted by molar-refractivity contribution is -0.128. The molecule has 1 aromatic carbocycles. The molecule has 2 rings (SSSR count). The monoisotopic (exact) mass is 280 g/mol. The average Bonchev–Trinajstić information content (AvgIpc) is 2.63. The first kappa shape index (κ1) is 14.8. The fourth-order valence-electron chi connectivity index (χ4n) is 2.69. The molecule has 1 heterocycles. The molecule has 0 saturated carbocycles. The summed E-state index contributed by atoms with van der Waals surface area (Å²) in [5, 5.41) is 9.80. The number of rotatable bonds is 2. The van der Waals surface area contributed by atoms with E-state index in [1.807, 2.05) is 11.0 Å². The van der Waals surface area contributed by atoms with E-state index in [4.69, 9.17) is 0 Å². The van der Waals surface area contributed by atoms with Gasteiger partial charge in [-0.25, -0.2) is 4.39 Å². The first-order chi connectivity index (χ1) is 9.50. The highest BCUT2D eigenvalue weighted by Gasteiger charge is 2.21. The number of aliphatic hydroxyl groups excluding tert-OH is 1. The van der Waals surface area contributed by atoms with Gasteiger partial charge in [-0.05, 0) is 25.5 Å². The van der Waals surface area contributed by atoms with Crippen molar-refractivity contribution in [1.29, 1.82) is 0 Å². The highest BCUT2D eigenvalue weighted by molar-refractivity contribution is 5.73. The van der Waals surface area contributed by atoms with Crippen LogP contribution in [0.25, 0.3) is 0 Å². The van der Waals surface area contributed by atoms with Crippen LogP contribution in [0.5, 0.6) is 0 Å². The topological polar surface area (TPSA) is 43.8 Å². The number of hydrogen-bond acceptors (Lipinski definition) is 3. The second kappa shape index (κ2) is 6.22. The lowest BCUT2D eigenvalue weighted by atomic mass is 10.1. The first-order valence-electron chi connectivity index (χ1n) is 6.97. The summed E-state index contributed by atoms with van der Waals surface area (Å²) < 4.78 is 13.9. The molecule has 1 atom stereocenters. The molecule has 1 aliphatic heterocycles. The van der Waals surface area contributed by atoms with Gasteiger partial charge in [0, 0.05) is 44.4 Å². The Balaban J connectivity index is 2.24. The van der Waals surface area contributed by atoms with Crippen LogP contribution < -0.4 is 4.90 Å². The highest BCUT2D eigenvalue weighted by Crippen LogP contribution is 2.29. The van der Waals surface area contributed by atoms with E-state index < -0.39 is 6.10 Å². The molecule has 0 bridgehead atoms. The molecule has 0 unspecified atom stereocenters. The minimum atomic E-state index is -0.849. The molecule has 1 fully saturated rings. The van der Waals surface area contributed by atoms with E-state index in [9.17, 15) is 14.3 Å². The number of hydrogen-bond donors (Lipinski definition) is 1. The third-order valence-electron chi connectivity index (χ3n) is 3.73. The van der Waals surface area contributed by atoms with E-state index in [-0.39, 0.29) is 11.7 Å². The number of aliphatic hydroxyl groups is 1. The largest absolute Gasteiger partial charge is 0.389 e. The van der Waals surface area contributed by atoms with Gasteiger partial charge in [0.2, 0.25) is 5.91 Å². The van der Waals surface area contributed by atoms with E-state index in [1.165, 1.54) is 6.07 Å².